The Kier molecular flexibility index (Phi) is 3.24. The summed E-state index contributed by atoms with van der Waals surface area (Å²) in [4.78, 5) is 5.23. The van der Waals surface area contributed by atoms with Gasteiger partial charge >= 0.3 is 0 Å². The average molecular weight is 237 g/mol. The van der Waals surface area contributed by atoms with Crippen molar-refractivity contribution in [1.29, 1.82) is 0 Å². The van der Waals surface area contributed by atoms with Crippen molar-refractivity contribution in [2.24, 2.45) is 0 Å². The third-order valence-electron chi connectivity index (χ3n) is 2.44. The normalized spacial score (nSPS) is 10.9. The Morgan fingerprint density at radius 1 is 1.50 bits per heavy atom. The molecule has 0 saturated carbocycles. The summed E-state index contributed by atoms with van der Waals surface area (Å²) >= 11 is 1.55. The first-order valence-electron chi connectivity index (χ1n) is 5.39. The van der Waals surface area contributed by atoms with Gasteiger partial charge in [0.1, 0.15) is 4.88 Å². The van der Waals surface area contributed by atoms with Crippen LogP contribution < -0.4 is 5.73 Å². The van der Waals surface area contributed by atoms with Gasteiger partial charge < -0.3 is 10.3 Å². The van der Waals surface area contributed by atoms with Gasteiger partial charge in [-0.3, -0.25) is 0 Å². The van der Waals surface area contributed by atoms with Crippen LogP contribution >= 0.6 is 11.3 Å². The highest BCUT2D eigenvalue weighted by Gasteiger charge is 2.14. The second-order valence-electron chi connectivity index (χ2n) is 3.78. The molecule has 4 nitrogen and oxygen atoms in total. The lowest BCUT2D eigenvalue weighted by Gasteiger charge is -1.92. The van der Waals surface area contributed by atoms with Crippen molar-refractivity contribution in [2.75, 3.05) is 5.73 Å². The molecular formula is C11H15N3OS. The van der Waals surface area contributed by atoms with Crippen LogP contribution in [0.4, 0.5) is 5.69 Å². The van der Waals surface area contributed by atoms with Crippen molar-refractivity contribution in [3.63, 3.8) is 0 Å². The first-order valence-corrected chi connectivity index (χ1v) is 6.27. The Morgan fingerprint density at radius 2 is 2.31 bits per heavy atom. The van der Waals surface area contributed by atoms with E-state index >= 15 is 0 Å². The van der Waals surface area contributed by atoms with E-state index in [-0.39, 0.29) is 0 Å². The Hall–Kier alpha value is -1.36. The number of thiophene rings is 1. The van der Waals surface area contributed by atoms with E-state index in [9.17, 15) is 0 Å². The summed E-state index contributed by atoms with van der Waals surface area (Å²) in [5.74, 6) is 1.31. The zero-order valence-electron chi connectivity index (χ0n) is 9.49. The van der Waals surface area contributed by atoms with Gasteiger partial charge in [-0.1, -0.05) is 18.5 Å². The van der Waals surface area contributed by atoms with Gasteiger partial charge in [-0.25, -0.2) is 0 Å². The lowest BCUT2D eigenvalue weighted by atomic mass is 10.2. The quantitative estimate of drug-likeness (QED) is 0.887. The molecule has 0 fully saturated rings. The van der Waals surface area contributed by atoms with E-state index in [1.54, 1.807) is 11.3 Å². The second-order valence-corrected chi connectivity index (χ2v) is 4.66. The summed E-state index contributed by atoms with van der Waals surface area (Å²) in [5.41, 5.74) is 7.74. The molecule has 0 radical (unpaired) electrons. The van der Waals surface area contributed by atoms with Gasteiger partial charge in [-0.15, -0.1) is 11.3 Å². The fraction of sp³-hybridized carbons (Fsp3) is 0.455. The van der Waals surface area contributed by atoms with E-state index < -0.39 is 0 Å². The number of nitrogens with zero attached hydrogens (tertiary/aromatic N) is 2. The molecule has 2 N–H and O–H groups in total. The Balaban J connectivity index is 2.21. The molecule has 5 heteroatoms. The third-order valence-corrected chi connectivity index (χ3v) is 3.54. The van der Waals surface area contributed by atoms with E-state index in [0.717, 1.165) is 41.2 Å². The van der Waals surface area contributed by atoms with Crippen LogP contribution in [0.25, 0.3) is 10.8 Å². The van der Waals surface area contributed by atoms with Crippen molar-refractivity contribution in [1.82, 2.24) is 10.1 Å². The number of aromatic nitrogens is 2. The van der Waals surface area contributed by atoms with Gasteiger partial charge in [0.05, 0.1) is 5.69 Å². The highest BCUT2D eigenvalue weighted by atomic mass is 32.1. The number of unbranched alkanes of at least 4 members (excludes halogenated alkanes) is 1. The predicted molar refractivity (Wildman–Crippen MR) is 65.4 cm³/mol. The molecule has 0 aliphatic rings. The van der Waals surface area contributed by atoms with Crippen LogP contribution in [0, 0.1) is 6.92 Å². The summed E-state index contributed by atoms with van der Waals surface area (Å²) in [6, 6.07) is 0. The van der Waals surface area contributed by atoms with Gasteiger partial charge in [0.25, 0.3) is 5.89 Å². The molecule has 0 aliphatic carbocycles. The third kappa shape index (κ3) is 2.09. The highest BCUT2D eigenvalue weighted by molar-refractivity contribution is 7.14. The monoisotopic (exact) mass is 237 g/mol. The largest absolute Gasteiger partial charge is 0.397 e. The van der Waals surface area contributed by atoms with Gasteiger partial charge in [-0.2, -0.15) is 4.98 Å². The Labute approximate surface area is 98.5 Å². The minimum Gasteiger partial charge on any atom is -0.397 e. The predicted octanol–water partition coefficient (Wildman–Crippen LogP) is 3.03. The number of rotatable bonds is 4. The van der Waals surface area contributed by atoms with Crippen LogP contribution in [0.2, 0.25) is 0 Å². The van der Waals surface area contributed by atoms with E-state index in [1.165, 1.54) is 0 Å². The van der Waals surface area contributed by atoms with E-state index in [4.69, 9.17) is 10.3 Å². The van der Waals surface area contributed by atoms with Crippen LogP contribution in [0.1, 0.15) is 31.2 Å². The van der Waals surface area contributed by atoms with Crippen LogP contribution in [-0.4, -0.2) is 10.1 Å². The second kappa shape index (κ2) is 4.65. The molecule has 0 aliphatic heterocycles. The fourth-order valence-electron chi connectivity index (χ4n) is 1.40. The van der Waals surface area contributed by atoms with Crippen molar-refractivity contribution in [3.05, 3.63) is 16.8 Å². The van der Waals surface area contributed by atoms with Crippen LogP contribution in [0.15, 0.2) is 9.90 Å². The lowest BCUT2D eigenvalue weighted by molar-refractivity contribution is 0.422. The minimum absolute atomic E-state index is 0.543. The molecule has 0 bridgehead atoms. The number of hydrogen-bond acceptors (Lipinski definition) is 5. The zero-order chi connectivity index (χ0) is 11.5. The van der Waals surface area contributed by atoms with Gasteiger partial charge in [0.2, 0.25) is 0 Å². The molecule has 0 amide bonds. The summed E-state index contributed by atoms with van der Waals surface area (Å²) in [6.45, 7) is 4.12. The van der Waals surface area contributed by atoms with Gasteiger partial charge in [0.15, 0.2) is 5.82 Å². The maximum Gasteiger partial charge on any atom is 0.270 e. The number of anilines is 1. The zero-order valence-corrected chi connectivity index (χ0v) is 10.3. The molecule has 0 atom stereocenters. The summed E-state index contributed by atoms with van der Waals surface area (Å²) < 4.78 is 5.21. The first-order chi connectivity index (χ1) is 7.72. The van der Waals surface area contributed by atoms with Crippen molar-refractivity contribution in [2.45, 2.75) is 33.1 Å². The molecule has 0 saturated heterocycles. The van der Waals surface area contributed by atoms with E-state index in [1.807, 2.05) is 12.3 Å². The molecule has 2 aromatic heterocycles. The van der Waals surface area contributed by atoms with Crippen LogP contribution in [0.3, 0.4) is 0 Å². The molecule has 86 valence electrons. The molecular weight excluding hydrogens is 222 g/mol. The standard InChI is InChI=1S/C11H15N3OS/c1-3-4-5-8-13-11(15-14-8)10-9(12)7(2)6-16-10/h6H,3-5,12H2,1-2H3. The van der Waals surface area contributed by atoms with Crippen LogP contribution in [0.5, 0.6) is 0 Å². The summed E-state index contributed by atoms with van der Waals surface area (Å²) in [7, 11) is 0. The van der Waals surface area contributed by atoms with Crippen LogP contribution in [-0.2, 0) is 6.42 Å². The fourth-order valence-corrected chi connectivity index (χ4v) is 2.29. The molecule has 2 aromatic rings. The average Bonchev–Trinajstić information content (AvgIpc) is 2.85. The summed E-state index contributed by atoms with van der Waals surface area (Å²) in [6.07, 6.45) is 3.08. The van der Waals surface area contributed by atoms with Crippen molar-refractivity contribution >= 4 is 17.0 Å². The topological polar surface area (TPSA) is 64.9 Å². The minimum atomic E-state index is 0.543. The summed E-state index contributed by atoms with van der Waals surface area (Å²) in [5, 5.41) is 5.95. The van der Waals surface area contributed by atoms with Gasteiger partial charge in [-0.05, 0) is 24.3 Å². The molecule has 0 spiro atoms. The maximum atomic E-state index is 5.93. The van der Waals surface area contributed by atoms with Gasteiger partial charge in [0, 0.05) is 6.42 Å². The highest BCUT2D eigenvalue weighted by Crippen LogP contribution is 2.33. The Morgan fingerprint density at radius 3 is 2.94 bits per heavy atom. The van der Waals surface area contributed by atoms with E-state index in [0.29, 0.717) is 5.89 Å². The number of nitrogens with two attached hydrogens (primary N) is 1. The molecule has 0 unspecified atom stereocenters. The number of hydrogen-bond donors (Lipinski definition) is 1. The molecule has 0 aromatic carbocycles. The molecule has 2 heterocycles. The first kappa shape index (κ1) is 11.1. The number of aryl methyl sites for hydroxylation is 2. The Bertz CT molecular complexity index is 475. The van der Waals surface area contributed by atoms with Crippen molar-refractivity contribution < 1.29 is 4.52 Å². The SMILES string of the molecule is CCCCc1noc(-c2scc(C)c2N)n1. The lowest BCUT2D eigenvalue weighted by Crippen LogP contribution is -1.89. The maximum absolute atomic E-state index is 5.93. The number of nitrogen functional groups attached to an aromatic ring is 1. The van der Waals surface area contributed by atoms with Crippen molar-refractivity contribution in [3.8, 4) is 10.8 Å². The smallest absolute Gasteiger partial charge is 0.270 e. The van der Waals surface area contributed by atoms with E-state index in [2.05, 4.69) is 17.1 Å². The molecule has 16 heavy (non-hydrogen) atoms. The molecule has 2 rings (SSSR count).